The summed E-state index contributed by atoms with van der Waals surface area (Å²) >= 11 is 0. The van der Waals surface area contributed by atoms with Gasteiger partial charge in [-0.15, -0.1) is 0 Å². The van der Waals surface area contributed by atoms with E-state index in [2.05, 4.69) is 0 Å². The minimum Gasteiger partial charge on any atom is -0.440 e. The Hall–Kier alpha value is -0.920. The van der Waals surface area contributed by atoms with Crippen LogP contribution in [-0.4, -0.2) is 51.1 Å². The second-order valence-corrected chi connectivity index (χ2v) is 3.49. The molecule has 6 nitrogen and oxygen atoms in total. The molecule has 1 aliphatic rings. The second kappa shape index (κ2) is 5.42. The van der Waals surface area contributed by atoms with Crippen molar-refractivity contribution in [2.45, 2.75) is 37.7 Å². The highest BCUT2D eigenvalue weighted by atomic mass is 19.1. The normalized spacial score (nSPS) is 39.4. The molecule has 0 unspecified atom stereocenters. The van der Waals surface area contributed by atoms with Crippen LogP contribution in [0.2, 0.25) is 0 Å². The first-order chi connectivity index (χ1) is 7.51. The Morgan fingerprint density at radius 3 is 2.25 bits per heavy atom. The molecule has 2 N–H and O–H groups in total. The molecular weight excluding hydrogens is 221 g/mol. The molecule has 16 heavy (non-hydrogen) atoms. The molecule has 0 aromatic heterocycles. The Morgan fingerprint density at radius 2 is 1.81 bits per heavy atom. The topological polar surface area (TPSA) is 80.0 Å². The van der Waals surface area contributed by atoms with Crippen molar-refractivity contribution in [2.24, 2.45) is 5.73 Å². The quantitative estimate of drug-likeness (QED) is 0.758. The van der Waals surface area contributed by atoms with Gasteiger partial charge in [-0.2, -0.15) is 0 Å². The number of primary amides is 1. The van der Waals surface area contributed by atoms with Gasteiger partial charge in [-0.3, -0.25) is 0 Å². The maximum absolute atomic E-state index is 13.5. The van der Waals surface area contributed by atoms with Crippen molar-refractivity contribution in [1.82, 2.24) is 0 Å². The number of rotatable bonds is 3. The lowest BCUT2D eigenvalue weighted by Gasteiger charge is -2.40. The Kier molecular flexibility index (Phi) is 4.45. The third-order valence-corrected chi connectivity index (χ3v) is 2.51. The summed E-state index contributed by atoms with van der Waals surface area (Å²) in [6, 6.07) is 0. The second-order valence-electron chi connectivity index (χ2n) is 3.49. The molecule has 0 spiro atoms. The van der Waals surface area contributed by atoms with Crippen LogP contribution in [0.4, 0.5) is 9.18 Å². The smallest absolute Gasteiger partial charge is 0.404 e. The van der Waals surface area contributed by atoms with E-state index >= 15 is 0 Å². The van der Waals surface area contributed by atoms with Gasteiger partial charge in [0, 0.05) is 14.2 Å². The highest BCUT2D eigenvalue weighted by Gasteiger charge is 2.47. The Labute approximate surface area is 92.8 Å². The minimum absolute atomic E-state index is 0.559. The van der Waals surface area contributed by atoms with Gasteiger partial charge in [0.05, 0.1) is 6.10 Å². The number of methoxy groups -OCH3 is 2. The summed E-state index contributed by atoms with van der Waals surface area (Å²) in [5.41, 5.74) is 4.91. The third-order valence-electron chi connectivity index (χ3n) is 2.51. The van der Waals surface area contributed by atoms with Gasteiger partial charge in [0.2, 0.25) is 6.36 Å². The molecule has 7 heteroatoms. The molecule has 0 bridgehead atoms. The van der Waals surface area contributed by atoms with Gasteiger partial charge < -0.3 is 24.7 Å². The minimum atomic E-state index is -1.68. The summed E-state index contributed by atoms with van der Waals surface area (Å²) in [4.78, 5) is 10.7. The van der Waals surface area contributed by atoms with E-state index in [9.17, 15) is 9.18 Å². The molecule has 1 saturated heterocycles. The molecule has 1 rings (SSSR count). The Bertz CT molecular complexity index is 236. The van der Waals surface area contributed by atoms with Gasteiger partial charge in [-0.1, -0.05) is 0 Å². The molecule has 1 aliphatic heterocycles. The van der Waals surface area contributed by atoms with Crippen molar-refractivity contribution in [3.63, 3.8) is 0 Å². The van der Waals surface area contributed by atoms with Crippen LogP contribution in [0.25, 0.3) is 0 Å². The highest BCUT2D eigenvalue weighted by molar-refractivity contribution is 5.65. The first-order valence-electron chi connectivity index (χ1n) is 4.82. The van der Waals surface area contributed by atoms with E-state index in [0.717, 1.165) is 0 Å². The fourth-order valence-electron chi connectivity index (χ4n) is 1.80. The number of hydrogen-bond donors (Lipinski definition) is 1. The molecular formula is C9H16FNO5. The van der Waals surface area contributed by atoms with Crippen molar-refractivity contribution in [3.8, 4) is 0 Å². The van der Waals surface area contributed by atoms with Crippen molar-refractivity contribution >= 4 is 6.09 Å². The van der Waals surface area contributed by atoms with Crippen LogP contribution in [0.1, 0.15) is 6.92 Å². The maximum atomic E-state index is 13.5. The zero-order valence-corrected chi connectivity index (χ0v) is 9.38. The molecule has 5 atom stereocenters. The van der Waals surface area contributed by atoms with Gasteiger partial charge in [0.1, 0.15) is 6.10 Å². The lowest BCUT2D eigenvalue weighted by atomic mass is 10.00. The Balaban J connectivity index is 2.85. The molecule has 0 aromatic carbocycles. The van der Waals surface area contributed by atoms with E-state index in [4.69, 9.17) is 24.7 Å². The molecule has 1 heterocycles. The summed E-state index contributed by atoms with van der Waals surface area (Å²) < 4.78 is 33.2. The highest BCUT2D eigenvalue weighted by Crippen LogP contribution is 2.27. The number of carbonyl (C=O) groups is 1. The fourth-order valence-corrected chi connectivity index (χ4v) is 1.80. The Morgan fingerprint density at radius 1 is 1.25 bits per heavy atom. The number of nitrogens with two attached hydrogens (primary N) is 1. The van der Waals surface area contributed by atoms with Crippen LogP contribution in [0.3, 0.4) is 0 Å². The molecule has 0 saturated carbocycles. The predicted octanol–water partition coefficient (Wildman–Crippen LogP) is 0.195. The summed E-state index contributed by atoms with van der Waals surface area (Å²) in [7, 11) is 2.70. The van der Waals surface area contributed by atoms with E-state index in [-0.39, 0.29) is 0 Å². The molecule has 1 fully saturated rings. The van der Waals surface area contributed by atoms with Crippen molar-refractivity contribution in [2.75, 3.05) is 14.2 Å². The van der Waals surface area contributed by atoms with Crippen molar-refractivity contribution in [3.05, 3.63) is 0 Å². The molecule has 0 radical (unpaired) electrons. The van der Waals surface area contributed by atoms with Crippen LogP contribution in [0, 0.1) is 0 Å². The number of amides is 1. The largest absolute Gasteiger partial charge is 0.440 e. The lowest BCUT2D eigenvalue weighted by molar-refractivity contribution is -0.262. The van der Waals surface area contributed by atoms with Crippen molar-refractivity contribution < 1.29 is 28.1 Å². The van der Waals surface area contributed by atoms with E-state index in [1.165, 1.54) is 14.2 Å². The number of hydrogen-bond acceptors (Lipinski definition) is 5. The first kappa shape index (κ1) is 13.1. The fraction of sp³-hybridized carbons (Fsp3) is 0.889. The van der Waals surface area contributed by atoms with Gasteiger partial charge in [-0.25, -0.2) is 9.18 Å². The molecule has 1 amide bonds. The summed E-state index contributed by atoms with van der Waals surface area (Å²) in [6.07, 6.45) is -5.84. The zero-order chi connectivity index (χ0) is 12.3. The van der Waals surface area contributed by atoms with Gasteiger partial charge in [-0.05, 0) is 6.92 Å². The summed E-state index contributed by atoms with van der Waals surface area (Å²) in [5, 5.41) is 0. The lowest BCUT2D eigenvalue weighted by Crippen LogP contribution is -2.58. The number of ether oxygens (including phenoxy) is 4. The van der Waals surface area contributed by atoms with Gasteiger partial charge >= 0.3 is 6.09 Å². The van der Waals surface area contributed by atoms with E-state index in [0.29, 0.717) is 0 Å². The molecule has 0 aliphatic carbocycles. The zero-order valence-electron chi connectivity index (χ0n) is 9.38. The standard InChI is InChI=1S/C9H16FNO5/c1-4-5(13-2)6(16-9(11)12)7(14-3)8(10)15-4/h4-8H,1-3H3,(H2,11,12)/t4-,5-,6+,7+,8+/m0/s1. The predicted molar refractivity (Wildman–Crippen MR) is 51.5 cm³/mol. The van der Waals surface area contributed by atoms with E-state index < -0.39 is 36.9 Å². The van der Waals surface area contributed by atoms with Crippen LogP contribution in [0.15, 0.2) is 0 Å². The number of carbonyl (C=O) groups excluding carboxylic acids is 1. The van der Waals surface area contributed by atoms with Crippen LogP contribution in [-0.2, 0) is 18.9 Å². The van der Waals surface area contributed by atoms with Crippen molar-refractivity contribution in [1.29, 1.82) is 0 Å². The van der Waals surface area contributed by atoms with Crippen LogP contribution in [0.5, 0.6) is 0 Å². The SMILES string of the molecule is CO[C@@H]1[C@@H](OC(N)=O)[C@@H](OC)[C@H](F)O[C@H]1C. The van der Waals surface area contributed by atoms with Gasteiger partial charge in [0.25, 0.3) is 0 Å². The third kappa shape index (κ3) is 2.60. The summed E-state index contributed by atoms with van der Waals surface area (Å²) in [5.74, 6) is 0. The average Bonchev–Trinajstić information content (AvgIpc) is 2.17. The van der Waals surface area contributed by atoms with Gasteiger partial charge in [0.15, 0.2) is 12.2 Å². The number of alkyl halides is 1. The first-order valence-corrected chi connectivity index (χ1v) is 4.82. The monoisotopic (exact) mass is 237 g/mol. The van der Waals surface area contributed by atoms with Crippen LogP contribution < -0.4 is 5.73 Å². The molecule has 94 valence electrons. The van der Waals surface area contributed by atoms with Crippen LogP contribution >= 0.6 is 0 Å². The summed E-state index contributed by atoms with van der Waals surface area (Å²) in [6.45, 7) is 1.62. The number of halogens is 1. The maximum Gasteiger partial charge on any atom is 0.404 e. The van der Waals surface area contributed by atoms with E-state index in [1.54, 1.807) is 6.92 Å². The average molecular weight is 237 g/mol. The van der Waals surface area contributed by atoms with E-state index in [1.807, 2.05) is 0 Å². The molecule has 0 aromatic rings.